The first-order chi connectivity index (χ1) is 11.3. The first kappa shape index (κ1) is 17.0. The van der Waals surface area contributed by atoms with Gasteiger partial charge in [-0.15, -0.1) is 23.5 Å². The minimum absolute atomic E-state index is 0.235. The average molecular weight is 361 g/mol. The van der Waals surface area contributed by atoms with Gasteiger partial charge in [0, 0.05) is 41.3 Å². The van der Waals surface area contributed by atoms with Crippen molar-refractivity contribution in [3.05, 3.63) is 0 Å². The van der Waals surface area contributed by atoms with Gasteiger partial charge in [-0.2, -0.15) is 0 Å². The van der Waals surface area contributed by atoms with Crippen molar-refractivity contribution in [1.82, 2.24) is 0 Å². The molecule has 2 aliphatic heterocycles. The van der Waals surface area contributed by atoms with Gasteiger partial charge in [0.05, 0.1) is 26.4 Å². The van der Waals surface area contributed by atoms with Gasteiger partial charge in [-0.1, -0.05) is 0 Å². The molecule has 0 N–H and O–H groups in total. The monoisotopic (exact) mass is 360 g/mol. The third kappa shape index (κ3) is 4.04. The highest BCUT2D eigenvalue weighted by Crippen LogP contribution is 2.44. The molecule has 2 saturated heterocycles. The Morgan fingerprint density at radius 1 is 0.696 bits per heavy atom. The molecule has 0 aromatic heterocycles. The molecule has 4 aliphatic rings. The fraction of sp³-hybridized carbons (Fsp3) is 1.00. The van der Waals surface area contributed by atoms with Gasteiger partial charge in [-0.3, -0.25) is 0 Å². The quantitative estimate of drug-likeness (QED) is 0.710. The first-order valence-electron chi connectivity index (χ1n) is 9.07. The van der Waals surface area contributed by atoms with E-state index in [-0.39, 0.29) is 11.6 Å². The van der Waals surface area contributed by atoms with Crippen LogP contribution in [-0.4, -0.2) is 53.6 Å². The van der Waals surface area contributed by atoms with Crippen LogP contribution in [0.1, 0.15) is 51.4 Å². The van der Waals surface area contributed by atoms with Gasteiger partial charge in [0.15, 0.2) is 11.6 Å². The van der Waals surface area contributed by atoms with Gasteiger partial charge in [0.25, 0.3) is 0 Å². The average Bonchev–Trinajstić information content (AvgIpc) is 3.18. The summed E-state index contributed by atoms with van der Waals surface area (Å²) in [5.41, 5.74) is 0. The van der Waals surface area contributed by atoms with E-state index < -0.39 is 0 Å². The minimum atomic E-state index is -0.235. The third-order valence-electron chi connectivity index (χ3n) is 5.48. The highest BCUT2D eigenvalue weighted by atomic mass is 32.2. The standard InChI is InChI=1S/C17H28O4S2/c1-3-14(11-16(5-1)18-7-8-19-16)22-13-23-15-4-2-6-17(12-15)20-9-10-21-17/h14-15H,1-13H2. The zero-order chi connectivity index (χ0) is 15.6. The third-order valence-corrected chi connectivity index (χ3v) is 8.32. The van der Waals surface area contributed by atoms with E-state index >= 15 is 0 Å². The van der Waals surface area contributed by atoms with Crippen LogP contribution in [0.3, 0.4) is 0 Å². The molecule has 0 radical (unpaired) electrons. The fourth-order valence-electron chi connectivity index (χ4n) is 4.33. The van der Waals surface area contributed by atoms with E-state index in [0.29, 0.717) is 10.5 Å². The summed E-state index contributed by atoms with van der Waals surface area (Å²) in [6, 6.07) is 0. The maximum atomic E-state index is 5.90. The first-order valence-corrected chi connectivity index (χ1v) is 11.2. The van der Waals surface area contributed by atoms with E-state index in [1.807, 2.05) is 0 Å². The van der Waals surface area contributed by atoms with Crippen LogP contribution in [0.4, 0.5) is 0 Å². The van der Waals surface area contributed by atoms with Crippen molar-refractivity contribution in [1.29, 1.82) is 0 Å². The fourth-order valence-corrected chi connectivity index (χ4v) is 7.60. The second kappa shape index (κ2) is 7.42. The lowest BCUT2D eigenvalue weighted by atomic mass is 9.94. The number of rotatable bonds is 4. The summed E-state index contributed by atoms with van der Waals surface area (Å²) >= 11 is 4.21. The Morgan fingerprint density at radius 2 is 1.13 bits per heavy atom. The highest BCUT2D eigenvalue weighted by Gasteiger charge is 2.43. The van der Waals surface area contributed by atoms with Crippen molar-refractivity contribution in [3.8, 4) is 0 Å². The van der Waals surface area contributed by atoms with Crippen LogP contribution in [0.25, 0.3) is 0 Å². The van der Waals surface area contributed by atoms with Gasteiger partial charge in [-0.25, -0.2) is 0 Å². The Kier molecular flexibility index (Phi) is 5.48. The zero-order valence-corrected chi connectivity index (χ0v) is 15.4. The molecule has 4 nitrogen and oxygen atoms in total. The van der Waals surface area contributed by atoms with Gasteiger partial charge < -0.3 is 18.9 Å². The number of hydrogen-bond acceptors (Lipinski definition) is 6. The van der Waals surface area contributed by atoms with E-state index in [4.69, 9.17) is 18.9 Å². The normalized spacial score (nSPS) is 36.0. The van der Waals surface area contributed by atoms with Crippen molar-refractivity contribution in [2.45, 2.75) is 73.4 Å². The molecule has 4 rings (SSSR count). The maximum Gasteiger partial charge on any atom is 0.169 e. The van der Waals surface area contributed by atoms with Crippen molar-refractivity contribution < 1.29 is 18.9 Å². The summed E-state index contributed by atoms with van der Waals surface area (Å²) in [7, 11) is 0. The van der Waals surface area contributed by atoms with Crippen LogP contribution in [0.5, 0.6) is 0 Å². The smallest absolute Gasteiger partial charge is 0.169 e. The molecule has 2 spiro atoms. The van der Waals surface area contributed by atoms with Crippen LogP contribution >= 0.6 is 23.5 Å². The summed E-state index contributed by atoms with van der Waals surface area (Å²) in [4.78, 5) is 0. The Hall–Kier alpha value is 0.540. The lowest BCUT2D eigenvalue weighted by molar-refractivity contribution is -0.175. The predicted octanol–water partition coefficient (Wildman–Crippen LogP) is 3.78. The molecular formula is C17H28O4S2. The second-order valence-electron chi connectivity index (χ2n) is 7.10. The van der Waals surface area contributed by atoms with Crippen molar-refractivity contribution in [2.75, 3.05) is 31.5 Å². The molecule has 2 atom stereocenters. The highest BCUT2D eigenvalue weighted by molar-refractivity contribution is 8.16. The Labute approximate surface area is 147 Å². The van der Waals surface area contributed by atoms with Gasteiger partial charge >= 0.3 is 0 Å². The van der Waals surface area contributed by atoms with E-state index in [9.17, 15) is 0 Å². The van der Waals surface area contributed by atoms with Crippen LogP contribution < -0.4 is 0 Å². The van der Waals surface area contributed by atoms with Gasteiger partial charge in [0.2, 0.25) is 0 Å². The molecule has 0 bridgehead atoms. The van der Waals surface area contributed by atoms with Crippen molar-refractivity contribution in [3.63, 3.8) is 0 Å². The van der Waals surface area contributed by atoms with Crippen LogP contribution in [0.2, 0.25) is 0 Å². The Bertz CT molecular complexity index is 358. The molecule has 2 heterocycles. The number of ether oxygens (including phenoxy) is 4. The molecule has 2 aliphatic carbocycles. The summed E-state index contributed by atoms with van der Waals surface area (Å²) < 4.78 is 23.6. The maximum absolute atomic E-state index is 5.90. The van der Waals surface area contributed by atoms with Crippen LogP contribution in [0, 0.1) is 0 Å². The van der Waals surface area contributed by atoms with E-state index in [2.05, 4.69) is 23.5 Å². The molecule has 0 aromatic carbocycles. The zero-order valence-electron chi connectivity index (χ0n) is 13.8. The summed E-state index contributed by atoms with van der Waals surface area (Å²) in [5, 5.41) is 2.54. The number of hydrogen-bond donors (Lipinski definition) is 0. The molecule has 0 amide bonds. The summed E-state index contributed by atoms with van der Waals surface area (Å²) in [5.74, 6) is -0.470. The number of thioether (sulfide) groups is 2. The van der Waals surface area contributed by atoms with Gasteiger partial charge in [0.1, 0.15) is 0 Å². The molecule has 132 valence electrons. The van der Waals surface area contributed by atoms with E-state index in [0.717, 1.165) is 52.1 Å². The molecule has 6 heteroatoms. The summed E-state index contributed by atoms with van der Waals surface area (Å²) in [6.07, 6.45) is 9.38. The lowest BCUT2D eigenvalue weighted by Gasteiger charge is -2.37. The summed E-state index contributed by atoms with van der Waals surface area (Å²) in [6.45, 7) is 3.10. The van der Waals surface area contributed by atoms with E-state index in [1.165, 1.54) is 30.8 Å². The van der Waals surface area contributed by atoms with Gasteiger partial charge in [-0.05, 0) is 25.7 Å². The lowest BCUT2D eigenvalue weighted by Crippen LogP contribution is -2.38. The largest absolute Gasteiger partial charge is 0.347 e. The Morgan fingerprint density at radius 3 is 1.57 bits per heavy atom. The molecule has 2 saturated carbocycles. The van der Waals surface area contributed by atoms with Crippen molar-refractivity contribution in [2.24, 2.45) is 0 Å². The second-order valence-corrected chi connectivity index (χ2v) is 10.0. The van der Waals surface area contributed by atoms with E-state index in [1.54, 1.807) is 0 Å². The molecule has 0 aromatic rings. The Balaban J connectivity index is 1.21. The molecular weight excluding hydrogens is 332 g/mol. The molecule has 4 fully saturated rings. The SMILES string of the molecule is C1CC(SCSC2CCCC3(C2)OCCO3)CC2(C1)OCCO2. The minimum Gasteiger partial charge on any atom is -0.347 e. The topological polar surface area (TPSA) is 36.9 Å². The van der Waals surface area contributed by atoms with Crippen LogP contribution in [-0.2, 0) is 18.9 Å². The predicted molar refractivity (Wildman–Crippen MR) is 93.8 cm³/mol. The molecule has 2 unspecified atom stereocenters. The van der Waals surface area contributed by atoms with Crippen molar-refractivity contribution >= 4 is 23.5 Å². The molecule has 23 heavy (non-hydrogen) atoms. The van der Waals surface area contributed by atoms with Crippen LogP contribution in [0.15, 0.2) is 0 Å².